The fourth-order valence-corrected chi connectivity index (χ4v) is 4.72. The Bertz CT molecular complexity index is 1520. The van der Waals surface area contributed by atoms with Crippen molar-refractivity contribution in [3.63, 3.8) is 0 Å². The van der Waals surface area contributed by atoms with Crippen LogP contribution in [0.15, 0.2) is 36.9 Å². The van der Waals surface area contributed by atoms with E-state index in [-0.39, 0.29) is 36.9 Å². The zero-order valence-electron chi connectivity index (χ0n) is 21.5. The van der Waals surface area contributed by atoms with Crippen LogP contribution in [-0.2, 0) is 27.1 Å². The highest BCUT2D eigenvalue weighted by atomic mass is 35.5. The molecule has 0 aliphatic carbocycles. The van der Waals surface area contributed by atoms with Crippen molar-refractivity contribution in [1.82, 2.24) is 39.5 Å². The molecule has 0 N–H and O–H groups in total. The molecule has 1 aliphatic heterocycles. The molecule has 5 heterocycles. The lowest BCUT2D eigenvalue weighted by atomic mass is 10.0. The quantitative estimate of drug-likeness (QED) is 0.339. The van der Waals surface area contributed by atoms with Crippen molar-refractivity contribution in [2.75, 3.05) is 19.7 Å². The molecule has 1 amide bonds. The first-order valence-corrected chi connectivity index (χ1v) is 13.0. The normalized spacial score (nSPS) is 16.0. The molecule has 1 saturated heterocycles. The summed E-state index contributed by atoms with van der Waals surface area (Å²) in [5, 5.41) is 13.0. The van der Waals surface area contributed by atoms with E-state index >= 15 is 0 Å². The number of pyridine rings is 1. The Hall–Kier alpha value is -3.61. The van der Waals surface area contributed by atoms with Gasteiger partial charge in [-0.1, -0.05) is 23.2 Å². The Labute approximate surface area is 233 Å². The largest absolute Gasteiger partial charge is 0.444 e. The molecule has 1 aliphatic rings. The van der Waals surface area contributed by atoms with E-state index in [0.717, 1.165) is 0 Å². The maximum absolute atomic E-state index is 13.2. The van der Waals surface area contributed by atoms with Crippen LogP contribution in [0.5, 0.6) is 0 Å². The molecule has 0 aromatic carbocycles. The number of carbonyl (C=O) groups excluding carboxylic acids is 2. The predicted molar refractivity (Wildman–Crippen MR) is 141 cm³/mol. The second kappa shape index (κ2) is 10.9. The third-order valence-electron chi connectivity index (χ3n) is 5.87. The summed E-state index contributed by atoms with van der Waals surface area (Å²) in [6.07, 6.45) is 5.35. The van der Waals surface area contributed by atoms with Gasteiger partial charge < -0.3 is 14.4 Å². The summed E-state index contributed by atoms with van der Waals surface area (Å²) in [6.45, 7) is 6.33. The number of fused-ring (bicyclic) bond motifs is 1. The highest BCUT2D eigenvalue weighted by Crippen LogP contribution is 2.28. The van der Waals surface area contributed by atoms with Crippen LogP contribution in [0.3, 0.4) is 0 Å². The molecule has 4 aromatic rings. The molecular formula is C25H26Cl2N8O4. The van der Waals surface area contributed by atoms with Gasteiger partial charge in [-0.3, -0.25) is 4.79 Å². The Morgan fingerprint density at radius 3 is 2.59 bits per heavy atom. The van der Waals surface area contributed by atoms with Crippen LogP contribution in [0, 0.1) is 0 Å². The molecule has 0 bridgehead atoms. The maximum Gasteiger partial charge on any atom is 0.410 e. The van der Waals surface area contributed by atoms with Crippen molar-refractivity contribution in [3.05, 3.63) is 63.9 Å². The van der Waals surface area contributed by atoms with Crippen LogP contribution >= 0.6 is 23.2 Å². The average Bonchev–Trinajstić information content (AvgIpc) is 3.52. The van der Waals surface area contributed by atoms with Gasteiger partial charge in [0.15, 0.2) is 16.6 Å². The molecule has 5 rings (SSSR count). The molecule has 4 aromatic heterocycles. The Kier molecular flexibility index (Phi) is 7.52. The molecule has 0 spiro atoms. The van der Waals surface area contributed by atoms with E-state index in [9.17, 15) is 9.59 Å². The van der Waals surface area contributed by atoms with Crippen LogP contribution in [0.1, 0.15) is 43.7 Å². The van der Waals surface area contributed by atoms with Gasteiger partial charge in [0.2, 0.25) is 0 Å². The summed E-state index contributed by atoms with van der Waals surface area (Å²) < 4.78 is 13.2. The molecule has 14 heteroatoms. The number of amides is 1. The number of nitrogens with zero attached hydrogens (tertiary/aromatic N) is 8. The van der Waals surface area contributed by atoms with Gasteiger partial charge in [0.25, 0.3) is 0 Å². The van der Waals surface area contributed by atoms with Crippen molar-refractivity contribution in [3.8, 4) is 5.82 Å². The third kappa shape index (κ3) is 6.18. The molecule has 1 atom stereocenters. The van der Waals surface area contributed by atoms with E-state index in [4.69, 9.17) is 32.7 Å². The van der Waals surface area contributed by atoms with Crippen LogP contribution in [-0.4, -0.2) is 76.6 Å². The first-order chi connectivity index (χ1) is 18.6. The number of hydrogen-bond donors (Lipinski definition) is 0. The topological polar surface area (TPSA) is 130 Å². The number of Topliss-reactive ketones (excluding diaryl/α,β-unsaturated/α-hetero) is 1. The Balaban J connectivity index is 1.38. The second-order valence-electron chi connectivity index (χ2n) is 10.1. The van der Waals surface area contributed by atoms with Crippen LogP contribution < -0.4 is 0 Å². The highest BCUT2D eigenvalue weighted by Gasteiger charge is 2.32. The van der Waals surface area contributed by atoms with Gasteiger partial charge in [-0.15, -0.1) is 4.80 Å². The summed E-state index contributed by atoms with van der Waals surface area (Å²) in [7, 11) is 0. The van der Waals surface area contributed by atoms with Gasteiger partial charge >= 0.3 is 6.09 Å². The molecule has 1 fully saturated rings. The molecule has 204 valence electrons. The smallest absolute Gasteiger partial charge is 0.410 e. The van der Waals surface area contributed by atoms with Crippen molar-refractivity contribution in [2.24, 2.45) is 0 Å². The summed E-state index contributed by atoms with van der Waals surface area (Å²) in [4.78, 5) is 37.6. The number of ketones is 1. The van der Waals surface area contributed by atoms with Crippen LogP contribution in [0.25, 0.3) is 11.5 Å². The first kappa shape index (κ1) is 27.0. The minimum Gasteiger partial charge on any atom is -0.444 e. The van der Waals surface area contributed by atoms with Gasteiger partial charge in [0.1, 0.15) is 17.5 Å². The molecule has 0 saturated carbocycles. The van der Waals surface area contributed by atoms with E-state index in [1.807, 2.05) is 20.8 Å². The minimum atomic E-state index is -0.632. The maximum atomic E-state index is 13.2. The molecule has 0 radical (unpaired) electrons. The number of morpholine rings is 1. The highest BCUT2D eigenvalue weighted by molar-refractivity contribution is 6.32. The first-order valence-electron chi connectivity index (χ1n) is 12.2. The minimum absolute atomic E-state index is 0.0438. The number of aromatic nitrogens is 7. The van der Waals surface area contributed by atoms with Gasteiger partial charge in [0.05, 0.1) is 36.3 Å². The molecular weight excluding hydrogens is 547 g/mol. The van der Waals surface area contributed by atoms with Gasteiger partial charge in [0, 0.05) is 43.4 Å². The zero-order chi connectivity index (χ0) is 27.7. The van der Waals surface area contributed by atoms with Crippen molar-refractivity contribution in [1.29, 1.82) is 0 Å². The summed E-state index contributed by atoms with van der Waals surface area (Å²) in [5.41, 5.74) is 1.73. The van der Waals surface area contributed by atoms with Gasteiger partial charge in [-0.25, -0.2) is 19.3 Å². The fourth-order valence-electron chi connectivity index (χ4n) is 4.29. The van der Waals surface area contributed by atoms with E-state index < -0.39 is 17.8 Å². The number of hydrogen-bond acceptors (Lipinski definition) is 9. The van der Waals surface area contributed by atoms with Gasteiger partial charge in [-0.2, -0.15) is 15.3 Å². The van der Waals surface area contributed by atoms with E-state index in [1.54, 1.807) is 33.9 Å². The second-order valence-corrected chi connectivity index (χ2v) is 10.8. The van der Waals surface area contributed by atoms with Crippen molar-refractivity contribution >= 4 is 40.7 Å². The third-order valence-corrected chi connectivity index (χ3v) is 6.33. The Morgan fingerprint density at radius 2 is 1.87 bits per heavy atom. The zero-order valence-corrected chi connectivity index (χ0v) is 23.1. The lowest BCUT2D eigenvalue weighted by Crippen LogP contribution is -2.45. The van der Waals surface area contributed by atoms with Crippen molar-refractivity contribution < 1.29 is 19.1 Å². The van der Waals surface area contributed by atoms with E-state index in [2.05, 4.69) is 25.3 Å². The number of halogens is 2. The number of rotatable bonds is 6. The molecule has 39 heavy (non-hydrogen) atoms. The average molecular weight is 573 g/mol. The summed E-state index contributed by atoms with van der Waals surface area (Å²) in [6, 6.07) is 3.29. The fraction of sp³-hybridized carbons (Fsp3) is 0.400. The van der Waals surface area contributed by atoms with E-state index in [1.165, 1.54) is 17.2 Å². The summed E-state index contributed by atoms with van der Waals surface area (Å²) >= 11 is 12.6. The summed E-state index contributed by atoms with van der Waals surface area (Å²) in [5.74, 6) is 0.271. The lowest BCUT2D eigenvalue weighted by Gasteiger charge is -2.34. The monoisotopic (exact) mass is 572 g/mol. The predicted octanol–water partition coefficient (Wildman–Crippen LogP) is 3.67. The Morgan fingerprint density at radius 1 is 1.10 bits per heavy atom. The lowest BCUT2D eigenvalue weighted by molar-refractivity contribution is -0.117. The van der Waals surface area contributed by atoms with Crippen molar-refractivity contribution in [2.45, 2.75) is 45.3 Å². The van der Waals surface area contributed by atoms with Crippen LogP contribution in [0.4, 0.5) is 4.79 Å². The standard InChI is InChI=1S/C25H26Cl2N8O4/c1-25(2,3)39-24(37)33-6-7-38-19(14-33)22-16(13-28-21-11-20(27)32-34(21)22)10-17(36)8-15-9-18(26)23(29-12-15)35-30-4-5-31-35/h4-5,9,11-13,19H,6-8,10,14H2,1-3H3. The number of carbonyl (C=O) groups is 2. The molecule has 1 unspecified atom stereocenters. The van der Waals surface area contributed by atoms with Crippen LogP contribution in [0.2, 0.25) is 10.2 Å². The number of ether oxygens (including phenoxy) is 2. The molecule has 12 nitrogen and oxygen atoms in total. The SMILES string of the molecule is CC(C)(C)OC(=O)N1CCOC(c2c(CC(=O)Cc3cnc(-n4nccn4)c(Cl)c3)cnc3cc(Cl)nn23)C1. The van der Waals surface area contributed by atoms with Gasteiger partial charge in [-0.05, 0) is 32.4 Å². The van der Waals surface area contributed by atoms with E-state index in [0.29, 0.717) is 39.9 Å².